The molecule has 12 heteroatoms. The highest BCUT2D eigenvalue weighted by molar-refractivity contribution is 7.89. The van der Waals surface area contributed by atoms with E-state index in [1.807, 2.05) is 6.07 Å². The van der Waals surface area contributed by atoms with Crippen LogP contribution in [0, 0.1) is 11.7 Å². The van der Waals surface area contributed by atoms with Crippen LogP contribution in [-0.2, 0) is 14.8 Å². The van der Waals surface area contributed by atoms with Crippen molar-refractivity contribution in [2.45, 2.75) is 48.8 Å². The van der Waals surface area contributed by atoms with E-state index >= 15 is 0 Å². The molecule has 1 aromatic heterocycles. The number of aromatic amines is 1. The van der Waals surface area contributed by atoms with Crippen LogP contribution in [0.4, 0.5) is 17.6 Å². The minimum Gasteiger partial charge on any atom is -0.354 e. The number of sulfonamides is 1. The second kappa shape index (κ2) is 10.3. The average molecular weight is 553 g/mol. The minimum absolute atomic E-state index is 0.0849. The van der Waals surface area contributed by atoms with Gasteiger partial charge in [0.2, 0.25) is 15.9 Å². The summed E-state index contributed by atoms with van der Waals surface area (Å²) in [7, 11) is -3.84. The molecule has 3 N–H and O–H groups in total. The van der Waals surface area contributed by atoms with Gasteiger partial charge in [-0.1, -0.05) is 6.07 Å². The Hall–Kier alpha value is -2.96. The highest BCUT2D eigenvalue weighted by Gasteiger charge is 2.43. The van der Waals surface area contributed by atoms with Crippen molar-refractivity contribution in [2.24, 2.45) is 5.92 Å². The van der Waals surface area contributed by atoms with E-state index in [1.165, 1.54) is 23.1 Å². The first-order valence-corrected chi connectivity index (χ1v) is 14.0. The fraction of sp³-hybridized carbons (Fsp3) is 0.423. The van der Waals surface area contributed by atoms with E-state index in [1.54, 1.807) is 24.3 Å². The van der Waals surface area contributed by atoms with Crippen molar-refractivity contribution in [3.63, 3.8) is 0 Å². The molecule has 0 spiro atoms. The molecule has 2 heterocycles. The van der Waals surface area contributed by atoms with Gasteiger partial charge >= 0.3 is 6.18 Å². The lowest BCUT2D eigenvalue weighted by Gasteiger charge is -2.38. The summed E-state index contributed by atoms with van der Waals surface area (Å²) in [6.07, 6.45) is -2.76. The van der Waals surface area contributed by atoms with Crippen LogP contribution in [0.2, 0.25) is 0 Å². The maximum atomic E-state index is 13.2. The molecule has 1 saturated carbocycles. The summed E-state index contributed by atoms with van der Waals surface area (Å²) in [6, 6.07) is 10.5. The van der Waals surface area contributed by atoms with E-state index in [0.29, 0.717) is 31.2 Å². The lowest BCUT2D eigenvalue weighted by Crippen LogP contribution is -2.59. The predicted molar refractivity (Wildman–Crippen MR) is 134 cm³/mol. The Morgan fingerprint density at radius 1 is 1.00 bits per heavy atom. The monoisotopic (exact) mass is 552 g/mol. The average Bonchev–Trinajstić information content (AvgIpc) is 3.32. The lowest BCUT2D eigenvalue weighted by atomic mass is 9.85. The van der Waals surface area contributed by atoms with Gasteiger partial charge in [0.15, 0.2) is 0 Å². The number of halogens is 4. The molecule has 1 saturated heterocycles. The number of nitrogens with one attached hydrogen (secondary N) is 3. The Bertz CT molecular complexity index is 1410. The molecule has 1 atom stereocenters. The molecule has 1 unspecified atom stereocenters. The summed E-state index contributed by atoms with van der Waals surface area (Å²) < 4.78 is 81.4. The van der Waals surface area contributed by atoms with Crippen LogP contribution in [0.25, 0.3) is 22.2 Å². The van der Waals surface area contributed by atoms with E-state index in [-0.39, 0.29) is 35.8 Å². The van der Waals surface area contributed by atoms with Gasteiger partial charge in [-0.2, -0.15) is 13.2 Å². The van der Waals surface area contributed by atoms with Crippen molar-refractivity contribution < 1.29 is 30.8 Å². The Balaban J connectivity index is 1.20. The summed E-state index contributed by atoms with van der Waals surface area (Å²) in [5.74, 6) is -1.05. The molecular formula is C26H28F4N4O3S. The molecule has 1 aliphatic heterocycles. The maximum absolute atomic E-state index is 13.2. The number of H-pyrrole nitrogens is 1. The standard InChI is InChI=1S/C26H28F4N4O3S/c27-19-6-1-16(2-7-19)22-13-18-5-10-21(14-23(18)32-22)38(36,37)33-20-8-3-17(4-9-20)25(35)34-12-11-31-24(15-34)26(28,29)30/h1-2,5-7,10,13-14,17,20,24,31-33H,3-4,8-9,11-12,15H2/t17-,20-,24?. The van der Waals surface area contributed by atoms with Gasteiger partial charge in [0.05, 0.1) is 4.90 Å². The van der Waals surface area contributed by atoms with Crippen LogP contribution >= 0.6 is 0 Å². The largest absolute Gasteiger partial charge is 0.405 e. The van der Waals surface area contributed by atoms with Crippen molar-refractivity contribution >= 4 is 26.8 Å². The summed E-state index contributed by atoms with van der Waals surface area (Å²) in [5, 5.41) is 3.21. The van der Waals surface area contributed by atoms with Crippen molar-refractivity contribution in [3.8, 4) is 11.3 Å². The van der Waals surface area contributed by atoms with Crippen molar-refractivity contribution in [1.29, 1.82) is 0 Å². The number of piperazine rings is 1. The van der Waals surface area contributed by atoms with Gasteiger partial charge in [0, 0.05) is 48.2 Å². The lowest BCUT2D eigenvalue weighted by molar-refractivity contribution is -0.169. The molecular weight excluding hydrogens is 524 g/mol. The third-order valence-electron chi connectivity index (χ3n) is 7.34. The third-order valence-corrected chi connectivity index (χ3v) is 8.86. The van der Waals surface area contributed by atoms with Gasteiger partial charge < -0.3 is 15.2 Å². The van der Waals surface area contributed by atoms with Gasteiger partial charge in [-0.3, -0.25) is 4.79 Å². The number of amides is 1. The number of alkyl halides is 3. The van der Waals surface area contributed by atoms with Crippen LogP contribution in [-0.4, -0.2) is 62.1 Å². The number of benzene rings is 2. The zero-order chi connectivity index (χ0) is 27.1. The van der Waals surface area contributed by atoms with Gasteiger partial charge in [-0.05, 0) is 73.7 Å². The quantitative estimate of drug-likeness (QED) is 0.414. The fourth-order valence-electron chi connectivity index (χ4n) is 5.23. The first-order valence-electron chi connectivity index (χ1n) is 12.5. The molecule has 5 rings (SSSR count). The topological polar surface area (TPSA) is 94.3 Å². The highest BCUT2D eigenvalue weighted by Crippen LogP contribution is 2.30. The molecule has 7 nitrogen and oxygen atoms in total. The molecule has 3 aromatic rings. The SMILES string of the molecule is O=C([C@H]1CC[C@H](NS(=O)(=O)c2ccc3cc(-c4ccc(F)cc4)[nH]c3c2)CC1)N1CCNC(C(F)(F)F)C1. The molecule has 0 radical (unpaired) electrons. The van der Waals surface area contributed by atoms with Crippen molar-refractivity contribution in [3.05, 3.63) is 54.3 Å². The second-order valence-electron chi connectivity index (χ2n) is 9.94. The molecule has 2 aromatic carbocycles. The number of rotatable bonds is 5. The zero-order valence-electron chi connectivity index (χ0n) is 20.4. The van der Waals surface area contributed by atoms with Crippen LogP contribution < -0.4 is 10.0 Å². The zero-order valence-corrected chi connectivity index (χ0v) is 21.2. The Labute approximate surface area is 217 Å². The Kier molecular flexibility index (Phi) is 7.23. The van der Waals surface area contributed by atoms with Crippen molar-refractivity contribution in [2.75, 3.05) is 19.6 Å². The molecule has 2 aliphatic rings. The van der Waals surface area contributed by atoms with Gasteiger partial charge in [0.25, 0.3) is 0 Å². The van der Waals surface area contributed by atoms with Gasteiger partial charge in [-0.25, -0.2) is 17.5 Å². The number of aromatic nitrogens is 1. The van der Waals surface area contributed by atoms with E-state index in [0.717, 1.165) is 16.6 Å². The van der Waals surface area contributed by atoms with Crippen LogP contribution in [0.15, 0.2) is 53.4 Å². The predicted octanol–water partition coefficient (Wildman–Crippen LogP) is 4.17. The number of fused-ring (bicyclic) bond motifs is 1. The minimum atomic E-state index is -4.42. The summed E-state index contributed by atoms with van der Waals surface area (Å²) in [6.45, 7) is -0.0946. The van der Waals surface area contributed by atoms with E-state index in [4.69, 9.17) is 0 Å². The van der Waals surface area contributed by atoms with Crippen LogP contribution in [0.3, 0.4) is 0 Å². The van der Waals surface area contributed by atoms with Crippen molar-refractivity contribution in [1.82, 2.24) is 19.9 Å². The third kappa shape index (κ3) is 5.71. The molecule has 1 amide bonds. The van der Waals surface area contributed by atoms with E-state index < -0.39 is 34.7 Å². The van der Waals surface area contributed by atoms with Crippen LogP contribution in [0.1, 0.15) is 25.7 Å². The summed E-state index contributed by atoms with van der Waals surface area (Å²) in [4.78, 5) is 17.4. The number of carbonyl (C=O) groups is 1. The van der Waals surface area contributed by atoms with Gasteiger partial charge in [0.1, 0.15) is 11.9 Å². The molecule has 38 heavy (non-hydrogen) atoms. The smallest absolute Gasteiger partial charge is 0.354 e. The first-order chi connectivity index (χ1) is 18.0. The Morgan fingerprint density at radius 3 is 2.39 bits per heavy atom. The van der Waals surface area contributed by atoms with Gasteiger partial charge in [-0.15, -0.1) is 0 Å². The normalized spacial score (nSPS) is 23.1. The number of nitrogens with zero attached hydrogens (tertiary/aromatic N) is 1. The van der Waals surface area contributed by atoms with Crippen LogP contribution in [0.5, 0.6) is 0 Å². The van der Waals surface area contributed by atoms with E-state index in [2.05, 4.69) is 15.0 Å². The molecule has 0 bridgehead atoms. The number of hydrogen-bond donors (Lipinski definition) is 3. The first kappa shape index (κ1) is 26.6. The molecule has 2 fully saturated rings. The summed E-state index contributed by atoms with van der Waals surface area (Å²) >= 11 is 0. The highest BCUT2D eigenvalue weighted by atomic mass is 32.2. The van der Waals surface area contributed by atoms with E-state index in [9.17, 15) is 30.8 Å². The second-order valence-corrected chi connectivity index (χ2v) is 11.7. The Morgan fingerprint density at radius 2 is 1.71 bits per heavy atom. The molecule has 1 aliphatic carbocycles. The number of carbonyl (C=O) groups excluding carboxylic acids is 1. The maximum Gasteiger partial charge on any atom is 0.405 e. The molecule has 204 valence electrons. The fourth-order valence-corrected chi connectivity index (χ4v) is 6.56. The number of hydrogen-bond acceptors (Lipinski definition) is 4. The summed E-state index contributed by atoms with van der Waals surface area (Å²) in [5.41, 5.74) is 2.12.